The van der Waals surface area contributed by atoms with Crippen LogP contribution in [0.25, 0.3) is 10.8 Å². The highest BCUT2D eigenvalue weighted by molar-refractivity contribution is 5.90. The highest BCUT2D eigenvalue weighted by Crippen LogP contribution is 2.19. The van der Waals surface area contributed by atoms with E-state index in [-0.39, 0.29) is 6.03 Å². The molecule has 0 spiro atoms. The summed E-state index contributed by atoms with van der Waals surface area (Å²) in [4.78, 5) is 18.4. The Balaban J connectivity index is 1.41. The molecule has 0 bridgehead atoms. The van der Waals surface area contributed by atoms with Crippen LogP contribution in [0.3, 0.4) is 0 Å². The van der Waals surface area contributed by atoms with Crippen LogP contribution in [0.5, 0.6) is 0 Å². The summed E-state index contributed by atoms with van der Waals surface area (Å²) < 4.78 is 0. The first-order valence-electron chi connectivity index (χ1n) is 8.84. The Morgan fingerprint density at radius 3 is 2.63 bits per heavy atom. The minimum absolute atomic E-state index is 0.272. The molecule has 0 atom stereocenters. The lowest BCUT2D eigenvalue weighted by atomic mass is 10.1. The molecule has 3 aromatic carbocycles. The van der Waals surface area contributed by atoms with E-state index in [2.05, 4.69) is 46.0 Å². The average molecular weight is 356 g/mol. The van der Waals surface area contributed by atoms with E-state index >= 15 is 0 Å². The van der Waals surface area contributed by atoms with Gasteiger partial charge in [0.25, 0.3) is 0 Å². The number of amides is 2. The largest absolute Gasteiger partial charge is 0.329 e. The van der Waals surface area contributed by atoms with Crippen molar-refractivity contribution < 1.29 is 4.79 Å². The van der Waals surface area contributed by atoms with Crippen molar-refractivity contribution in [3.8, 4) is 0 Å². The van der Waals surface area contributed by atoms with Gasteiger partial charge >= 0.3 is 6.03 Å². The predicted octanol–water partition coefficient (Wildman–Crippen LogP) is 4.35. The summed E-state index contributed by atoms with van der Waals surface area (Å²) in [6, 6.07) is 23.8. The standard InChI is InChI=1S/C22H20N4O/c27-22(25-20-8-2-1-3-9-20)24-14-21-13-23-16-26(21)15-17-10-11-18-6-4-5-7-19(18)12-17/h1-12,14,16H,13,15H2,(H2,24,25,27)/b21-14-. The number of anilines is 1. The van der Waals surface area contributed by atoms with E-state index in [4.69, 9.17) is 0 Å². The molecular weight excluding hydrogens is 336 g/mol. The Morgan fingerprint density at radius 2 is 1.78 bits per heavy atom. The average Bonchev–Trinajstić information content (AvgIpc) is 3.14. The van der Waals surface area contributed by atoms with Gasteiger partial charge in [-0.3, -0.25) is 4.99 Å². The van der Waals surface area contributed by atoms with Gasteiger partial charge in [0.05, 0.1) is 18.6 Å². The molecule has 0 saturated carbocycles. The zero-order valence-electron chi connectivity index (χ0n) is 14.8. The normalized spacial score (nSPS) is 14.7. The number of benzene rings is 3. The van der Waals surface area contributed by atoms with Crippen LogP contribution < -0.4 is 10.6 Å². The van der Waals surface area contributed by atoms with Crippen molar-refractivity contribution in [2.75, 3.05) is 11.9 Å². The van der Waals surface area contributed by atoms with Crippen LogP contribution in [-0.4, -0.2) is 23.8 Å². The number of fused-ring (bicyclic) bond motifs is 1. The van der Waals surface area contributed by atoms with Crippen LogP contribution in [0.2, 0.25) is 0 Å². The second-order valence-corrected chi connectivity index (χ2v) is 6.37. The zero-order valence-corrected chi connectivity index (χ0v) is 14.8. The lowest BCUT2D eigenvalue weighted by Gasteiger charge is -2.17. The highest BCUT2D eigenvalue weighted by Gasteiger charge is 2.14. The fourth-order valence-electron chi connectivity index (χ4n) is 3.04. The molecule has 5 nitrogen and oxygen atoms in total. The van der Waals surface area contributed by atoms with Gasteiger partial charge in [0.2, 0.25) is 0 Å². The van der Waals surface area contributed by atoms with Crippen molar-refractivity contribution in [1.82, 2.24) is 10.2 Å². The van der Waals surface area contributed by atoms with E-state index in [1.807, 2.05) is 53.7 Å². The maximum Gasteiger partial charge on any atom is 0.323 e. The molecule has 4 rings (SSSR count). The van der Waals surface area contributed by atoms with Crippen molar-refractivity contribution in [3.05, 3.63) is 90.3 Å². The van der Waals surface area contributed by atoms with E-state index in [0.717, 1.165) is 11.4 Å². The topological polar surface area (TPSA) is 56.7 Å². The molecule has 0 aliphatic carbocycles. The van der Waals surface area contributed by atoms with Gasteiger partial charge in [0.15, 0.2) is 0 Å². The van der Waals surface area contributed by atoms with E-state index in [0.29, 0.717) is 13.1 Å². The predicted molar refractivity (Wildman–Crippen MR) is 110 cm³/mol. The third-order valence-corrected chi connectivity index (χ3v) is 4.41. The quantitative estimate of drug-likeness (QED) is 0.730. The molecule has 0 aromatic heterocycles. The molecule has 5 heteroatoms. The maximum absolute atomic E-state index is 12.1. The number of para-hydroxylation sites is 1. The summed E-state index contributed by atoms with van der Waals surface area (Å²) in [5, 5.41) is 8.03. The van der Waals surface area contributed by atoms with Crippen LogP contribution in [-0.2, 0) is 6.54 Å². The number of nitrogens with one attached hydrogen (secondary N) is 2. The Kier molecular flexibility index (Phi) is 4.83. The van der Waals surface area contributed by atoms with E-state index in [9.17, 15) is 4.79 Å². The van der Waals surface area contributed by atoms with Crippen molar-refractivity contribution in [2.45, 2.75) is 6.54 Å². The molecule has 2 N–H and O–H groups in total. The minimum Gasteiger partial charge on any atom is -0.329 e. The first kappa shape index (κ1) is 16.8. The number of rotatable bonds is 4. The summed E-state index contributed by atoms with van der Waals surface area (Å²) in [6.07, 6.45) is 3.53. The molecule has 134 valence electrons. The van der Waals surface area contributed by atoms with Crippen LogP contribution in [0.1, 0.15) is 5.56 Å². The summed E-state index contributed by atoms with van der Waals surface area (Å²) in [7, 11) is 0. The first-order chi connectivity index (χ1) is 13.3. The molecule has 1 heterocycles. The second-order valence-electron chi connectivity index (χ2n) is 6.37. The molecular formula is C22H20N4O. The molecule has 3 aromatic rings. The Hall–Kier alpha value is -3.60. The van der Waals surface area contributed by atoms with Crippen molar-refractivity contribution in [3.63, 3.8) is 0 Å². The van der Waals surface area contributed by atoms with Gasteiger partial charge in [-0.15, -0.1) is 0 Å². The number of aliphatic imine (C=N–C) groups is 1. The van der Waals surface area contributed by atoms with Gasteiger partial charge in [-0.05, 0) is 34.5 Å². The zero-order chi connectivity index (χ0) is 18.5. The Morgan fingerprint density at radius 1 is 1.00 bits per heavy atom. The van der Waals surface area contributed by atoms with Crippen LogP contribution >= 0.6 is 0 Å². The molecule has 1 aliphatic rings. The Bertz CT molecular complexity index is 1010. The SMILES string of the molecule is O=C(N/C=C1/CN=CN1Cc1ccc2ccccc2c1)Nc1ccccc1. The molecule has 0 saturated heterocycles. The number of carbonyl (C=O) groups excluding carboxylic acids is 1. The number of hydrogen-bond donors (Lipinski definition) is 2. The third-order valence-electron chi connectivity index (χ3n) is 4.41. The maximum atomic E-state index is 12.1. The number of hydrogen-bond acceptors (Lipinski definition) is 3. The van der Waals surface area contributed by atoms with Gasteiger partial charge in [-0.25, -0.2) is 4.79 Å². The summed E-state index contributed by atoms with van der Waals surface area (Å²) in [6.45, 7) is 1.27. The second kappa shape index (κ2) is 7.74. The van der Waals surface area contributed by atoms with E-state index < -0.39 is 0 Å². The van der Waals surface area contributed by atoms with Crippen LogP contribution in [0.4, 0.5) is 10.5 Å². The molecule has 0 fully saturated rings. The van der Waals surface area contributed by atoms with Gasteiger partial charge in [0, 0.05) is 18.4 Å². The van der Waals surface area contributed by atoms with Crippen molar-refractivity contribution in [1.29, 1.82) is 0 Å². The lowest BCUT2D eigenvalue weighted by Crippen LogP contribution is -2.27. The number of urea groups is 1. The van der Waals surface area contributed by atoms with Crippen molar-refractivity contribution in [2.24, 2.45) is 4.99 Å². The highest BCUT2D eigenvalue weighted by atomic mass is 16.2. The molecule has 0 radical (unpaired) electrons. The lowest BCUT2D eigenvalue weighted by molar-refractivity contribution is 0.255. The van der Waals surface area contributed by atoms with Gasteiger partial charge in [0.1, 0.15) is 0 Å². The minimum atomic E-state index is -0.272. The van der Waals surface area contributed by atoms with Gasteiger partial charge in [-0.1, -0.05) is 54.6 Å². The van der Waals surface area contributed by atoms with E-state index in [1.165, 1.54) is 16.3 Å². The summed E-state index contributed by atoms with van der Waals surface area (Å²) in [5.74, 6) is 0. The third kappa shape index (κ3) is 4.15. The van der Waals surface area contributed by atoms with Crippen LogP contribution in [0.15, 0.2) is 89.7 Å². The summed E-state index contributed by atoms with van der Waals surface area (Å²) >= 11 is 0. The smallest absolute Gasteiger partial charge is 0.323 e. The fraction of sp³-hybridized carbons (Fsp3) is 0.0909. The molecule has 1 aliphatic heterocycles. The van der Waals surface area contributed by atoms with Gasteiger partial charge < -0.3 is 15.5 Å². The molecule has 0 unspecified atom stereocenters. The number of nitrogens with zero attached hydrogens (tertiary/aromatic N) is 2. The molecule has 27 heavy (non-hydrogen) atoms. The molecule has 2 amide bonds. The Labute approximate surface area is 158 Å². The summed E-state index contributed by atoms with van der Waals surface area (Å²) in [5.41, 5.74) is 2.90. The first-order valence-corrected chi connectivity index (χ1v) is 8.84. The van der Waals surface area contributed by atoms with E-state index in [1.54, 1.807) is 6.20 Å². The van der Waals surface area contributed by atoms with Crippen LogP contribution in [0, 0.1) is 0 Å². The van der Waals surface area contributed by atoms with Crippen molar-refractivity contribution >= 4 is 28.8 Å². The van der Waals surface area contributed by atoms with Gasteiger partial charge in [-0.2, -0.15) is 0 Å². The fourth-order valence-corrected chi connectivity index (χ4v) is 3.04. The monoisotopic (exact) mass is 356 g/mol. The number of carbonyl (C=O) groups is 1.